The second-order valence-corrected chi connectivity index (χ2v) is 6.73. The number of ketones is 1. The zero-order valence-corrected chi connectivity index (χ0v) is 16.0. The molecule has 1 unspecified atom stereocenters. The van der Waals surface area contributed by atoms with Gasteiger partial charge in [0.15, 0.2) is 5.78 Å². The van der Waals surface area contributed by atoms with Crippen molar-refractivity contribution < 1.29 is 9.90 Å². The van der Waals surface area contributed by atoms with E-state index >= 15 is 0 Å². The fourth-order valence-electron chi connectivity index (χ4n) is 2.98. The van der Waals surface area contributed by atoms with Gasteiger partial charge in [0.05, 0.1) is 23.4 Å². The van der Waals surface area contributed by atoms with Crippen molar-refractivity contribution in [2.24, 2.45) is 0 Å². The highest BCUT2D eigenvalue weighted by molar-refractivity contribution is 5.97. The van der Waals surface area contributed by atoms with Crippen molar-refractivity contribution in [3.8, 4) is 17.3 Å². The SMILES string of the molecule is CCc1c(-c2ccc(C#N)cc2)nn(C(C)CC)c1C(=O)CC[C@H](C)O. The molecule has 2 aromatic rings. The van der Waals surface area contributed by atoms with Crippen LogP contribution in [0.3, 0.4) is 0 Å². The van der Waals surface area contributed by atoms with E-state index in [0.29, 0.717) is 30.5 Å². The quantitative estimate of drug-likeness (QED) is 0.718. The molecular weight excluding hydrogens is 326 g/mol. The molecule has 0 fully saturated rings. The van der Waals surface area contributed by atoms with Gasteiger partial charge in [0.1, 0.15) is 5.69 Å². The van der Waals surface area contributed by atoms with E-state index in [2.05, 4.69) is 19.9 Å². The van der Waals surface area contributed by atoms with Crippen molar-refractivity contribution in [3.05, 3.63) is 41.1 Å². The van der Waals surface area contributed by atoms with Gasteiger partial charge >= 0.3 is 0 Å². The molecule has 0 amide bonds. The third-order valence-corrected chi connectivity index (χ3v) is 4.71. The number of carbonyl (C=O) groups excluding carboxylic acids is 1. The number of rotatable bonds is 8. The van der Waals surface area contributed by atoms with E-state index in [1.807, 2.05) is 23.7 Å². The Hall–Kier alpha value is -2.45. The van der Waals surface area contributed by atoms with E-state index < -0.39 is 6.10 Å². The number of benzene rings is 1. The molecule has 0 saturated carbocycles. The molecule has 1 heterocycles. The summed E-state index contributed by atoms with van der Waals surface area (Å²) in [5.74, 6) is 0.0236. The number of aliphatic hydroxyl groups excluding tert-OH is 1. The Morgan fingerprint density at radius 2 is 1.92 bits per heavy atom. The van der Waals surface area contributed by atoms with Crippen LogP contribution in [-0.4, -0.2) is 26.8 Å². The highest BCUT2D eigenvalue weighted by atomic mass is 16.3. The average molecular weight is 353 g/mol. The van der Waals surface area contributed by atoms with E-state index in [1.54, 1.807) is 19.1 Å². The lowest BCUT2D eigenvalue weighted by atomic mass is 9.99. The van der Waals surface area contributed by atoms with Crippen LogP contribution >= 0.6 is 0 Å². The van der Waals surface area contributed by atoms with Crippen molar-refractivity contribution in [3.63, 3.8) is 0 Å². The van der Waals surface area contributed by atoms with Gasteiger partial charge in [0.2, 0.25) is 0 Å². The minimum atomic E-state index is -0.498. The van der Waals surface area contributed by atoms with Crippen LogP contribution in [0.2, 0.25) is 0 Å². The van der Waals surface area contributed by atoms with E-state index in [4.69, 9.17) is 10.4 Å². The first kappa shape index (κ1) is 19.9. The van der Waals surface area contributed by atoms with Crippen molar-refractivity contribution >= 4 is 5.78 Å². The van der Waals surface area contributed by atoms with Crippen LogP contribution in [0.1, 0.15) is 74.6 Å². The Labute approximate surface area is 155 Å². The highest BCUT2D eigenvalue weighted by Crippen LogP contribution is 2.30. The van der Waals surface area contributed by atoms with E-state index in [-0.39, 0.29) is 11.8 Å². The minimum Gasteiger partial charge on any atom is -0.393 e. The molecule has 1 aromatic carbocycles. The summed E-state index contributed by atoms with van der Waals surface area (Å²) in [5.41, 5.74) is 3.90. The van der Waals surface area contributed by atoms with Crippen molar-refractivity contribution in [1.29, 1.82) is 5.26 Å². The van der Waals surface area contributed by atoms with Crippen LogP contribution in [-0.2, 0) is 6.42 Å². The van der Waals surface area contributed by atoms with Gasteiger partial charge in [-0.3, -0.25) is 9.48 Å². The molecule has 0 aliphatic rings. The maximum atomic E-state index is 12.9. The summed E-state index contributed by atoms with van der Waals surface area (Å²) in [6.45, 7) is 7.85. The number of aliphatic hydroxyl groups is 1. The normalized spacial score (nSPS) is 13.2. The maximum Gasteiger partial charge on any atom is 0.181 e. The Bertz CT molecular complexity index is 798. The molecule has 2 rings (SSSR count). The van der Waals surface area contributed by atoms with Crippen molar-refractivity contribution in [2.45, 2.75) is 65.5 Å². The second kappa shape index (κ2) is 8.77. The predicted molar refractivity (Wildman–Crippen MR) is 102 cm³/mol. The van der Waals surface area contributed by atoms with Gasteiger partial charge in [-0.05, 0) is 45.2 Å². The smallest absolute Gasteiger partial charge is 0.181 e. The number of hydrogen-bond donors (Lipinski definition) is 1. The first-order valence-corrected chi connectivity index (χ1v) is 9.26. The maximum absolute atomic E-state index is 12.9. The number of hydrogen-bond acceptors (Lipinski definition) is 4. The molecule has 1 aromatic heterocycles. The Kier molecular flexibility index (Phi) is 6.70. The highest BCUT2D eigenvalue weighted by Gasteiger charge is 2.25. The van der Waals surface area contributed by atoms with Crippen LogP contribution in [0.5, 0.6) is 0 Å². The Balaban J connectivity index is 2.55. The zero-order chi connectivity index (χ0) is 19.3. The van der Waals surface area contributed by atoms with Gasteiger partial charge in [0, 0.05) is 23.6 Å². The Morgan fingerprint density at radius 3 is 2.42 bits per heavy atom. The lowest BCUT2D eigenvalue weighted by Crippen LogP contribution is -2.16. The first-order chi connectivity index (χ1) is 12.4. The lowest BCUT2D eigenvalue weighted by molar-refractivity contribution is 0.0935. The van der Waals surface area contributed by atoms with Gasteiger partial charge in [0.25, 0.3) is 0 Å². The summed E-state index contributed by atoms with van der Waals surface area (Å²) in [5, 5.41) is 23.3. The van der Waals surface area contributed by atoms with Crippen LogP contribution in [0, 0.1) is 11.3 Å². The second-order valence-electron chi connectivity index (χ2n) is 6.73. The predicted octanol–water partition coefficient (Wildman–Crippen LogP) is 4.30. The van der Waals surface area contributed by atoms with E-state index in [1.165, 1.54) is 0 Å². The third-order valence-electron chi connectivity index (χ3n) is 4.71. The first-order valence-electron chi connectivity index (χ1n) is 9.26. The molecule has 5 nitrogen and oxygen atoms in total. The standard InChI is InChI=1S/C21H27N3O2/c1-5-14(3)24-21(19(26)12-7-15(4)25)18(6-2)20(23-24)17-10-8-16(13-22)9-11-17/h8-11,14-15,25H,5-7,12H2,1-4H3/t14?,15-/m0/s1. The van der Waals surface area contributed by atoms with Gasteiger partial charge < -0.3 is 5.11 Å². The Morgan fingerprint density at radius 1 is 1.27 bits per heavy atom. The van der Waals surface area contributed by atoms with Crippen molar-refractivity contribution in [2.75, 3.05) is 0 Å². The molecule has 26 heavy (non-hydrogen) atoms. The molecule has 0 spiro atoms. The number of aromatic nitrogens is 2. The number of nitrogens with zero attached hydrogens (tertiary/aromatic N) is 3. The van der Waals surface area contributed by atoms with Gasteiger partial charge in [-0.25, -0.2) is 0 Å². The fraction of sp³-hybridized carbons (Fsp3) is 0.476. The average Bonchev–Trinajstić information content (AvgIpc) is 3.05. The van der Waals surface area contributed by atoms with Gasteiger partial charge in [-0.2, -0.15) is 10.4 Å². The molecule has 2 atom stereocenters. The number of Topliss-reactive ketones (excluding diaryl/α,β-unsaturated/α-hetero) is 1. The zero-order valence-electron chi connectivity index (χ0n) is 16.0. The van der Waals surface area contributed by atoms with Gasteiger partial charge in [-0.1, -0.05) is 26.0 Å². The topological polar surface area (TPSA) is 78.9 Å². The summed E-state index contributed by atoms with van der Waals surface area (Å²) in [4.78, 5) is 12.9. The summed E-state index contributed by atoms with van der Waals surface area (Å²) >= 11 is 0. The summed E-state index contributed by atoms with van der Waals surface area (Å²) < 4.78 is 1.84. The number of nitriles is 1. The summed E-state index contributed by atoms with van der Waals surface area (Å²) in [6, 6.07) is 9.53. The molecular formula is C21H27N3O2. The number of carbonyl (C=O) groups is 1. The molecule has 0 radical (unpaired) electrons. The van der Waals surface area contributed by atoms with Crippen LogP contribution in [0.15, 0.2) is 24.3 Å². The molecule has 138 valence electrons. The fourth-order valence-corrected chi connectivity index (χ4v) is 2.98. The minimum absolute atomic E-state index is 0.0236. The lowest BCUT2D eigenvalue weighted by Gasteiger charge is -2.14. The molecule has 0 saturated heterocycles. The van der Waals surface area contributed by atoms with Crippen LogP contribution in [0.25, 0.3) is 11.3 Å². The monoisotopic (exact) mass is 353 g/mol. The summed E-state index contributed by atoms with van der Waals surface area (Å²) in [7, 11) is 0. The molecule has 0 aliphatic carbocycles. The molecule has 5 heteroatoms. The van der Waals surface area contributed by atoms with Crippen LogP contribution < -0.4 is 0 Å². The van der Waals surface area contributed by atoms with E-state index in [0.717, 1.165) is 23.2 Å². The molecule has 1 N–H and O–H groups in total. The molecule has 0 bridgehead atoms. The largest absolute Gasteiger partial charge is 0.393 e. The third kappa shape index (κ3) is 4.20. The van der Waals surface area contributed by atoms with Crippen LogP contribution in [0.4, 0.5) is 0 Å². The van der Waals surface area contributed by atoms with Gasteiger partial charge in [-0.15, -0.1) is 0 Å². The van der Waals surface area contributed by atoms with E-state index in [9.17, 15) is 9.90 Å². The summed E-state index contributed by atoms with van der Waals surface area (Å²) in [6.07, 6.45) is 1.82. The van der Waals surface area contributed by atoms with Crippen molar-refractivity contribution in [1.82, 2.24) is 9.78 Å². The molecule has 0 aliphatic heterocycles.